The summed E-state index contributed by atoms with van der Waals surface area (Å²) in [5, 5.41) is 20.0. The number of hydrogen-bond acceptors (Lipinski definition) is 28. The zero-order valence-corrected chi connectivity index (χ0v) is 81.9. The number of nitrogens with one attached hydrogen (secondary N) is 3. The lowest BCUT2D eigenvalue weighted by Gasteiger charge is -2.37. The maximum Gasteiger partial charge on any atom is 0.230 e. The van der Waals surface area contributed by atoms with Crippen LogP contribution in [0.5, 0.6) is 0 Å². The molecule has 0 spiro atoms. The van der Waals surface area contributed by atoms with Gasteiger partial charge in [0.25, 0.3) is 0 Å². The van der Waals surface area contributed by atoms with E-state index < -0.39 is 0 Å². The SMILES string of the molecule is CC(=O)N(Sc1nc(-c2ccc(N)nc2)cs1)C1CCN(Cc2ccc(Cl)c(Cl)c2)CC1.Nc1cc(-c2csc(SCC(=O)NC3CCN(Cc4ccc(Cl)c(Cl)c4)CC3)n2)ccn1.Nc1cccc(-c2nsc(SCC(=O)NC3CCN(Cc4ccc(Cl)c(Cl)c4)CC3)n2)c1.Nc1cncc(-c2csc(SCC(=O)NC3CCN(Cc4ccc(Cl)c(Cl)c4)CC3)n2)c1. The van der Waals surface area contributed by atoms with E-state index in [4.69, 9.17) is 116 Å². The maximum absolute atomic E-state index is 12.4. The zero-order chi connectivity index (χ0) is 90.2. The van der Waals surface area contributed by atoms with Crippen LogP contribution in [0.15, 0.2) is 186 Å². The summed E-state index contributed by atoms with van der Waals surface area (Å²) in [4.78, 5) is 89.8. The summed E-state index contributed by atoms with van der Waals surface area (Å²) in [7, 11) is 0. The van der Waals surface area contributed by atoms with Gasteiger partial charge >= 0.3 is 0 Å². The standard InChI is InChI=1S/4C22H23Cl2N5OS2/c1-14(30)29(32-22-27-20(13-31-22)16-3-5-21(25)26-11-16)17-6-8-28(9-7-17)12-15-2-4-18(23)19(24)10-15;23-17-2-1-14(9-18(17)24)11-29-7-4-16(5-8-29)27-21(30)13-32-22-28-19(12-31-22)15-3-6-26-20(25)10-15;23-18-2-1-14(7-19(18)24)11-29-5-3-17(4-6-29)27-21(30)13-32-22-28-20(12-31-22)15-8-16(25)10-26-9-15;23-18-5-4-14(10-19(18)24)12-29-8-6-17(7-9-29)26-20(30)13-31-22-27-21(28-32-22)15-2-1-3-16(25)11-15/h2-5,10-11,13,17H,6-9,12H2,1H3,(H2,25,26);1-3,6,9-10,12,16H,4-5,7-8,11,13H2,(H2,25,26)(H,27,30);1-2,7-10,12,17H,3-6,11,13,25H2,(H,27,30);1-5,10-11,17H,6-9,12-13,25H2,(H,26,30). The third kappa shape index (κ3) is 30.6. The van der Waals surface area contributed by atoms with Gasteiger partial charge in [-0.1, -0.05) is 164 Å². The van der Waals surface area contributed by atoms with Crippen LogP contribution in [0.1, 0.15) is 80.5 Å². The first-order valence-electron chi connectivity index (χ1n) is 40.9. The topological polar surface area (TPSA) is 328 Å². The first-order valence-corrected chi connectivity index (χ1v) is 51.0. The number of aromatic nitrogens is 8. The summed E-state index contributed by atoms with van der Waals surface area (Å²) in [5.41, 5.74) is 35.0. The molecule has 5 aromatic carbocycles. The lowest BCUT2D eigenvalue weighted by Crippen LogP contribution is -2.44. The summed E-state index contributed by atoms with van der Waals surface area (Å²) in [6, 6.07) is 40.5. The molecule has 4 saturated heterocycles. The number of nitrogens with two attached hydrogens (primary N) is 4. The number of carbonyl (C=O) groups excluding carboxylic acids is 4. The molecule has 24 nitrogen and oxygen atoms in total. The average molecular weight is 2030 g/mol. The predicted octanol–water partition coefficient (Wildman–Crippen LogP) is 20.5. The number of likely N-dealkylation sites (tertiary alicyclic amines) is 4. The second-order valence-corrected chi connectivity index (χ2v) is 42.1. The number of pyridine rings is 3. The highest BCUT2D eigenvalue weighted by Crippen LogP contribution is 2.38. The summed E-state index contributed by atoms with van der Waals surface area (Å²) in [6.07, 6.45) is 14.1. The molecule has 0 aliphatic carbocycles. The van der Waals surface area contributed by atoms with Crippen molar-refractivity contribution < 1.29 is 19.2 Å². The molecule has 16 rings (SSSR count). The van der Waals surface area contributed by atoms with Gasteiger partial charge in [0.05, 0.1) is 80.2 Å². The van der Waals surface area contributed by atoms with Crippen LogP contribution in [0.4, 0.5) is 23.0 Å². The highest BCUT2D eigenvalue weighted by atomic mass is 35.5. The maximum atomic E-state index is 12.4. The van der Waals surface area contributed by atoms with Crippen LogP contribution in [0.2, 0.25) is 40.2 Å². The number of nitrogens with zero attached hydrogens (tertiary/aromatic N) is 13. The van der Waals surface area contributed by atoms with Crippen molar-refractivity contribution in [2.45, 2.75) is 126 Å². The fraction of sp³-hybridized carbons (Fsp3) is 0.318. The van der Waals surface area contributed by atoms with E-state index in [9.17, 15) is 19.2 Å². The van der Waals surface area contributed by atoms with E-state index in [-0.39, 0.29) is 47.8 Å². The van der Waals surface area contributed by atoms with Gasteiger partial charge in [-0.2, -0.15) is 4.37 Å². The van der Waals surface area contributed by atoms with Gasteiger partial charge in [0.1, 0.15) is 11.6 Å². The third-order valence-corrected chi connectivity index (χ3v) is 32.0. The molecule has 128 heavy (non-hydrogen) atoms. The number of thiazole rings is 3. The Morgan fingerprint density at radius 1 is 0.414 bits per heavy atom. The minimum absolute atomic E-state index is 0.0265. The van der Waals surface area contributed by atoms with Gasteiger partial charge in [-0.05, 0) is 176 Å². The average Bonchev–Trinajstić information content (AvgIpc) is 1.62. The Morgan fingerprint density at radius 2 is 0.836 bits per heavy atom. The molecule has 12 aromatic rings. The molecule has 0 atom stereocenters. The van der Waals surface area contributed by atoms with Crippen LogP contribution >= 0.6 is 186 Å². The molecule has 4 aliphatic heterocycles. The van der Waals surface area contributed by atoms with Crippen molar-refractivity contribution in [1.29, 1.82) is 0 Å². The zero-order valence-electron chi connectivity index (χ0n) is 69.3. The van der Waals surface area contributed by atoms with Crippen molar-refractivity contribution in [2.24, 2.45) is 0 Å². The van der Waals surface area contributed by atoms with Crippen molar-refractivity contribution in [2.75, 3.05) is 92.6 Å². The van der Waals surface area contributed by atoms with E-state index in [0.717, 1.165) is 209 Å². The van der Waals surface area contributed by atoms with Crippen LogP contribution in [0.3, 0.4) is 0 Å². The predicted molar refractivity (Wildman–Crippen MR) is 533 cm³/mol. The Bertz CT molecular complexity index is 5310. The second-order valence-electron chi connectivity index (χ2n) is 30.6. The van der Waals surface area contributed by atoms with Crippen LogP contribution < -0.4 is 38.9 Å². The van der Waals surface area contributed by atoms with E-state index in [1.807, 2.05) is 136 Å². The molecule has 4 fully saturated rings. The van der Waals surface area contributed by atoms with E-state index >= 15 is 0 Å². The summed E-state index contributed by atoms with van der Waals surface area (Å²) >= 11 is 60.1. The van der Waals surface area contributed by atoms with Crippen LogP contribution in [0, 0.1) is 0 Å². The minimum Gasteiger partial charge on any atom is -0.399 e. The minimum atomic E-state index is 0.0265. The summed E-state index contributed by atoms with van der Waals surface area (Å²) in [5.74, 6) is 2.78. The van der Waals surface area contributed by atoms with Gasteiger partial charge in [-0.3, -0.25) is 48.1 Å². The first-order chi connectivity index (χ1) is 61.8. The van der Waals surface area contributed by atoms with Crippen LogP contribution in [-0.4, -0.2) is 181 Å². The van der Waals surface area contributed by atoms with Crippen LogP contribution in [0.25, 0.3) is 45.2 Å². The number of piperidine rings is 4. The van der Waals surface area contributed by atoms with Crippen molar-refractivity contribution in [1.82, 2.24) is 79.1 Å². The molecule has 7 aromatic heterocycles. The number of thioether (sulfide) groups is 3. The molecule has 4 amide bonds. The molecule has 40 heteroatoms. The number of nitrogen functional groups attached to an aromatic ring is 4. The second kappa shape index (κ2) is 48.9. The van der Waals surface area contributed by atoms with Crippen molar-refractivity contribution in [3.63, 3.8) is 0 Å². The quantitative estimate of drug-likeness (QED) is 0.0143. The van der Waals surface area contributed by atoms with Gasteiger partial charge in [0.2, 0.25) is 23.6 Å². The summed E-state index contributed by atoms with van der Waals surface area (Å²) < 4.78 is 9.58. The van der Waals surface area contributed by atoms with E-state index in [1.165, 1.54) is 92.8 Å². The Labute approximate surface area is 817 Å². The number of halogens is 8. The van der Waals surface area contributed by atoms with E-state index in [2.05, 4.69) is 74.8 Å². The lowest BCUT2D eigenvalue weighted by molar-refractivity contribution is -0.126. The molecule has 11 heterocycles. The Balaban J connectivity index is 0.000000146. The normalized spacial score (nSPS) is 15.1. The third-order valence-electron chi connectivity index (χ3n) is 21.0. The van der Waals surface area contributed by atoms with Crippen molar-refractivity contribution >= 4 is 232 Å². The fourth-order valence-electron chi connectivity index (χ4n) is 14.4. The molecule has 0 unspecified atom stereocenters. The molecular weight excluding hydrogens is 1940 g/mol. The van der Waals surface area contributed by atoms with Crippen molar-refractivity contribution in [3.8, 4) is 45.2 Å². The molecular formula is C88H92Cl8N20O4S8. The summed E-state index contributed by atoms with van der Waals surface area (Å²) in [6.45, 7) is 12.4. The number of anilines is 4. The smallest absolute Gasteiger partial charge is 0.230 e. The highest BCUT2D eigenvalue weighted by molar-refractivity contribution is 8.02. The lowest BCUT2D eigenvalue weighted by atomic mass is 10.0. The first kappa shape index (κ1) is 98.2. The molecule has 0 radical (unpaired) electrons. The van der Waals surface area contributed by atoms with Gasteiger partial charge in [-0.15, -0.1) is 34.0 Å². The number of rotatable bonds is 27. The number of hydrogen-bond donors (Lipinski definition) is 7. The molecule has 0 bridgehead atoms. The molecule has 11 N–H and O–H groups in total. The van der Waals surface area contributed by atoms with Crippen LogP contribution in [-0.2, 0) is 45.4 Å². The van der Waals surface area contributed by atoms with E-state index in [1.54, 1.807) is 43.8 Å². The molecule has 0 saturated carbocycles. The Hall–Kier alpha value is -7.36. The highest BCUT2D eigenvalue weighted by Gasteiger charge is 2.30. The molecule has 672 valence electrons. The van der Waals surface area contributed by atoms with Gasteiger partial charge < -0.3 is 38.9 Å². The van der Waals surface area contributed by atoms with Gasteiger partial charge in [-0.25, -0.2) is 29.9 Å². The number of carbonyl (C=O) groups is 4. The monoisotopic (exact) mass is 2030 g/mol. The van der Waals surface area contributed by atoms with Crippen molar-refractivity contribution in [3.05, 3.63) is 231 Å². The Morgan fingerprint density at radius 3 is 1.26 bits per heavy atom. The number of amides is 4. The number of benzene rings is 5. The van der Waals surface area contributed by atoms with Gasteiger partial charge in [0, 0.05) is 190 Å². The van der Waals surface area contributed by atoms with Gasteiger partial charge in [0.15, 0.2) is 23.2 Å². The fourth-order valence-corrected chi connectivity index (χ4v) is 22.3. The van der Waals surface area contributed by atoms with E-state index in [0.29, 0.717) is 86.3 Å². The largest absolute Gasteiger partial charge is 0.399 e. The Kier molecular flexibility index (Phi) is 37.5. The molecule has 4 aliphatic rings.